The summed E-state index contributed by atoms with van der Waals surface area (Å²) >= 11 is 0. The fourth-order valence-corrected chi connectivity index (χ4v) is 2.78. The normalized spacial score (nSPS) is 16.9. The Bertz CT molecular complexity index is 361. The maximum absolute atomic E-state index is 5.26. The van der Waals surface area contributed by atoms with Gasteiger partial charge >= 0.3 is 0 Å². The van der Waals surface area contributed by atoms with Gasteiger partial charge in [0.1, 0.15) is 0 Å². The summed E-state index contributed by atoms with van der Waals surface area (Å²) in [6.07, 6.45) is 1.96. The predicted octanol–water partition coefficient (Wildman–Crippen LogP) is 3.59. The molecule has 0 bridgehead atoms. The molecule has 0 amide bonds. The van der Waals surface area contributed by atoms with Gasteiger partial charge in [-0.25, -0.2) is 0 Å². The van der Waals surface area contributed by atoms with E-state index in [1.807, 2.05) is 6.20 Å². The molecular weight excluding hydrogens is 210 g/mol. The van der Waals surface area contributed by atoms with E-state index in [0.29, 0.717) is 23.7 Å². The van der Waals surface area contributed by atoms with Crippen molar-refractivity contribution in [2.75, 3.05) is 13.2 Å². The van der Waals surface area contributed by atoms with Crippen molar-refractivity contribution in [2.45, 2.75) is 39.5 Å². The molecule has 1 fully saturated rings. The Kier molecular flexibility index (Phi) is 3.82. The molecule has 0 saturated carbocycles. The molecule has 0 unspecified atom stereocenters. The molecule has 0 atom stereocenters. The Morgan fingerprint density at radius 2 is 1.82 bits per heavy atom. The van der Waals surface area contributed by atoms with Gasteiger partial charge in [0.2, 0.25) is 0 Å². The Balaban J connectivity index is 2.24. The predicted molar refractivity (Wildman–Crippen MR) is 70.2 cm³/mol. The Morgan fingerprint density at radius 3 is 2.29 bits per heavy atom. The second-order valence-electron chi connectivity index (χ2n) is 5.76. The average Bonchev–Trinajstić information content (AvgIpc) is 2.14. The maximum atomic E-state index is 5.26. The van der Waals surface area contributed by atoms with Crippen molar-refractivity contribution in [1.82, 2.24) is 4.98 Å². The van der Waals surface area contributed by atoms with Gasteiger partial charge < -0.3 is 4.74 Å². The van der Waals surface area contributed by atoms with E-state index in [1.165, 1.54) is 11.3 Å². The first-order valence-corrected chi connectivity index (χ1v) is 6.63. The van der Waals surface area contributed by atoms with E-state index in [0.717, 1.165) is 13.2 Å². The van der Waals surface area contributed by atoms with Crippen LogP contribution < -0.4 is 0 Å². The van der Waals surface area contributed by atoms with Gasteiger partial charge in [-0.3, -0.25) is 4.98 Å². The lowest BCUT2D eigenvalue weighted by molar-refractivity contribution is 0.00833. The van der Waals surface area contributed by atoms with Crippen molar-refractivity contribution in [3.63, 3.8) is 0 Å². The summed E-state index contributed by atoms with van der Waals surface area (Å²) < 4.78 is 5.26. The summed E-state index contributed by atoms with van der Waals surface area (Å²) in [5.41, 5.74) is 2.65. The third kappa shape index (κ3) is 2.68. The monoisotopic (exact) mass is 233 g/mol. The molecule has 2 heteroatoms. The largest absolute Gasteiger partial charge is 0.380 e. The van der Waals surface area contributed by atoms with Gasteiger partial charge in [-0.1, -0.05) is 27.7 Å². The Labute approximate surface area is 104 Å². The minimum atomic E-state index is 0.552. The zero-order valence-electron chi connectivity index (χ0n) is 11.3. The number of aromatic nitrogens is 1. The molecule has 94 valence electrons. The summed E-state index contributed by atoms with van der Waals surface area (Å²) in [7, 11) is 0. The first-order valence-electron chi connectivity index (χ1n) is 6.63. The standard InChI is InChI=1S/C15H23NO/c1-10(2)15(11(3)4)14-7-12(5-6-16-14)13-8-17-9-13/h5-7,10-11,13,15H,8-9H2,1-4H3. The van der Waals surface area contributed by atoms with Crippen molar-refractivity contribution < 1.29 is 4.74 Å². The Morgan fingerprint density at radius 1 is 1.18 bits per heavy atom. The van der Waals surface area contributed by atoms with Crippen molar-refractivity contribution in [1.29, 1.82) is 0 Å². The first kappa shape index (κ1) is 12.6. The quantitative estimate of drug-likeness (QED) is 0.793. The number of ether oxygens (including phenoxy) is 1. The highest BCUT2D eigenvalue weighted by Gasteiger charge is 2.24. The smallest absolute Gasteiger partial charge is 0.0557 e. The van der Waals surface area contributed by atoms with E-state index in [4.69, 9.17) is 4.74 Å². The molecule has 2 rings (SSSR count). The van der Waals surface area contributed by atoms with Gasteiger partial charge in [-0.05, 0) is 29.5 Å². The fraction of sp³-hybridized carbons (Fsp3) is 0.667. The molecule has 2 heterocycles. The highest BCUT2D eigenvalue weighted by atomic mass is 16.5. The number of nitrogens with zero attached hydrogens (tertiary/aromatic N) is 1. The van der Waals surface area contributed by atoms with Crippen LogP contribution in [0.5, 0.6) is 0 Å². The molecule has 0 spiro atoms. The lowest BCUT2D eigenvalue weighted by Gasteiger charge is -2.29. The van der Waals surface area contributed by atoms with Crippen LogP contribution >= 0.6 is 0 Å². The summed E-state index contributed by atoms with van der Waals surface area (Å²) in [4.78, 5) is 4.58. The zero-order valence-corrected chi connectivity index (χ0v) is 11.3. The van der Waals surface area contributed by atoms with Crippen LogP contribution in [0.4, 0.5) is 0 Å². The van der Waals surface area contributed by atoms with Crippen LogP contribution in [0.1, 0.15) is 50.8 Å². The summed E-state index contributed by atoms with van der Waals surface area (Å²) in [6.45, 7) is 10.9. The first-order chi connectivity index (χ1) is 8.09. The van der Waals surface area contributed by atoms with E-state index < -0.39 is 0 Å². The molecule has 0 N–H and O–H groups in total. The van der Waals surface area contributed by atoms with E-state index in [2.05, 4.69) is 44.8 Å². The highest BCUT2D eigenvalue weighted by Crippen LogP contribution is 2.32. The van der Waals surface area contributed by atoms with Gasteiger partial charge in [-0.15, -0.1) is 0 Å². The van der Waals surface area contributed by atoms with Crippen molar-refractivity contribution in [3.8, 4) is 0 Å². The Hall–Kier alpha value is -0.890. The average molecular weight is 233 g/mol. The van der Waals surface area contributed by atoms with E-state index >= 15 is 0 Å². The van der Waals surface area contributed by atoms with Crippen molar-refractivity contribution in [3.05, 3.63) is 29.6 Å². The van der Waals surface area contributed by atoms with Gasteiger partial charge in [0.15, 0.2) is 0 Å². The van der Waals surface area contributed by atoms with Crippen LogP contribution in [0.15, 0.2) is 18.3 Å². The second kappa shape index (κ2) is 5.18. The summed E-state index contributed by atoms with van der Waals surface area (Å²) in [5, 5.41) is 0. The molecule has 1 aromatic heterocycles. The highest BCUT2D eigenvalue weighted by molar-refractivity contribution is 5.25. The minimum Gasteiger partial charge on any atom is -0.380 e. The molecule has 0 aliphatic carbocycles. The van der Waals surface area contributed by atoms with Crippen molar-refractivity contribution >= 4 is 0 Å². The third-order valence-corrected chi connectivity index (χ3v) is 3.69. The molecule has 1 aliphatic heterocycles. The number of hydrogen-bond acceptors (Lipinski definition) is 2. The van der Waals surface area contributed by atoms with E-state index in [-0.39, 0.29) is 0 Å². The fourth-order valence-electron chi connectivity index (χ4n) is 2.78. The molecule has 17 heavy (non-hydrogen) atoms. The van der Waals surface area contributed by atoms with Gasteiger partial charge in [0.25, 0.3) is 0 Å². The molecule has 1 aliphatic rings. The number of rotatable bonds is 4. The molecule has 1 saturated heterocycles. The topological polar surface area (TPSA) is 22.1 Å². The SMILES string of the molecule is CC(C)C(c1cc(C2COC2)ccn1)C(C)C. The van der Waals surface area contributed by atoms with Crippen LogP contribution in [0.25, 0.3) is 0 Å². The molecule has 1 aromatic rings. The molecule has 2 nitrogen and oxygen atoms in total. The lowest BCUT2D eigenvalue weighted by Crippen LogP contribution is -2.25. The minimum absolute atomic E-state index is 0.552. The van der Waals surface area contributed by atoms with Crippen LogP contribution in [0, 0.1) is 11.8 Å². The van der Waals surface area contributed by atoms with Crippen LogP contribution in [0.2, 0.25) is 0 Å². The summed E-state index contributed by atoms with van der Waals surface area (Å²) in [6, 6.07) is 4.42. The van der Waals surface area contributed by atoms with Gasteiger partial charge in [-0.2, -0.15) is 0 Å². The molecule has 0 radical (unpaired) electrons. The zero-order chi connectivity index (χ0) is 12.4. The number of hydrogen-bond donors (Lipinski definition) is 0. The van der Waals surface area contributed by atoms with Gasteiger partial charge in [0, 0.05) is 23.7 Å². The molecular formula is C15H23NO. The lowest BCUT2D eigenvalue weighted by atomic mass is 9.81. The van der Waals surface area contributed by atoms with E-state index in [9.17, 15) is 0 Å². The second-order valence-corrected chi connectivity index (χ2v) is 5.76. The van der Waals surface area contributed by atoms with Crippen LogP contribution in [-0.4, -0.2) is 18.2 Å². The summed E-state index contributed by atoms with van der Waals surface area (Å²) in [5.74, 6) is 2.42. The van der Waals surface area contributed by atoms with Crippen molar-refractivity contribution in [2.24, 2.45) is 11.8 Å². The van der Waals surface area contributed by atoms with Gasteiger partial charge in [0.05, 0.1) is 13.2 Å². The van der Waals surface area contributed by atoms with Crippen LogP contribution in [0.3, 0.4) is 0 Å². The van der Waals surface area contributed by atoms with E-state index in [1.54, 1.807) is 0 Å². The molecule has 0 aromatic carbocycles. The third-order valence-electron chi connectivity index (χ3n) is 3.69. The van der Waals surface area contributed by atoms with Crippen LogP contribution in [-0.2, 0) is 4.74 Å². The number of pyridine rings is 1. The maximum Gasteiger partial charge on any atom is 0.0557 e.